The lowest BCUT2D eigenvalue weighted by Crippen LogP contribution is -2.54. The number of hydrogen-bond donors (Lipinski definition) is 0. The van der Waals surface area contributed by atoms with Crippen molar-refractivity contribution in [3.8, 4) is 11.8 Å². The van der Waals surface area contributed by atoms with Gasteiger partial charge in [-0.05, 0) is 37.9 Å². The van der Waals surface area contributed by atoms with Gasteiger partial charge in [0.2, 0.25) is 5.91 Å². The number of carbonyl (C=O) groups excluding carboxylic acids is 1. The standard InChI is InChI=1S/C21H29N3O/c1-2-3-6-14-23-15-7-11-21(17-23)12-9-20(25)24(18-21)16-10-19-8-4-5-13-22-19/h4-5,8,13H,2,7,9-12,14-18H2,1H3/t21-/m0/s1. The molecule has 2 saturated heterocycles. The van der Waals surface area contributed by atoms with Crippen LogP contribution in [-0.2, 0) is 11.2 Å². The second-order valence-corrected chi connectivity index (χ2v) is 7.41. The zero-order chi connectivity index (χ0) is 17.5. The van der Waals surface area contributed by atoms with Crippen LogP contribution in [0, 0.1) is 17.3 Å². The molecule has 0 bridgehead atoms. The maximum Gasteiger partial charge on any atom is 0.222 e. The fourth-order valence-electron chi connectivity index (χ4n) is 4.17. The molecule has 0 aromatic carbocycles. The van der Waals surface area contributed by atoms with Crippen LogP contribution in [0.25, 0.3) is 0 Å². The molecule has 3 heterocycles. The van der Waals surface area contributed by atoms with Gasteiger partial charge in [0.25, 0.3) is 0 Å². The van der Waals surface area contributed by atoms with Crippen LogP contribution in [0.2, 0.25) is 0 Å². The van der Waals surface area contributed by atoms with Crippen LogP contribution in [0.15, 0.2) is 24.4 Å². The maximum atomic E-state index is 12.4. The summed E-state index contributed by atoms with van der Waals surface area (Å²) in [6.45, 7) is 6.87. The Balaban J connectivity index is 1.59. The van der Waals surface area contributed by atoms with Gasteiger partial charge in [0.1, 0.15) is 0 Å². The van der Waals surface area contributed by atoms with Gasteiger partial charge >= 0.3 is 0 Å². The third-order valence-corrected chi connectivity index (χ3v) is 5.46. The first-order valence-electron chi connectivity index (χ1n) is 9.56. The quantitative estimate of drug-likeness (QED) is 0.792. The largest absolute Gasteiger partial charge is 0.342 e. The number of nitrogens with zero attached hydrogens (tertiary/aromatic N) is 3. The lowest BCUT2D eigenvalue weighted by Gasteiger charge is -2.48. The molecule has 4 nitrogen and oxygen atoms in total. The molecule has 0 aliphatic carbocycles. The zero-order valence-electron chi connectivity index (χ0n) is 15.3. The van der Waals surface area contributed by atoms with Crippen LogP contribution in [0.5, 0.6) is 0 Å². The van der Waals surface area contributed by atoms with E-state index in [0.717, 1.165) is 57.7 Å². The van der Waals surface area contributed by atoms with Crippen molar-refractivity contribution in [1.29, 1.82) is 0 Å². The van der Waals surface area contributed by atoms with Crippen LogP contribution < -0.4 is 0 Å². The van der Waals surface area contributed by atoms with E-state index < -0.39 is 0 Å². The molecule has 1 atom stereocenters. The molecular weight excluding hydrogens is 310 g/mol. The minimum Gasteiger partial charge on any atom is -0.342 e. The van der Waals surface area contributed by atoms with Gasteiger partial charge in [-0.2, -0.15) is 0 Å². The number of carbonyl (C=O) groups is 1. The second kappa shape index (κ2) is 8.49. The van der Waals surface area contributed by atoms with E-state index in [-0.39, 0.29) is 5.41 Å². The van der Waals surface area contributed by atoms with Gasteiger partial charge in [0, 0.05) is 56.2 Å². The summed E-state index contributed by atoms with van der Waals surface area (Å²) in [6, 6.07) is 5.99. The normalized spacial score (nSPS) is 24.2. The highest BCUT2D eigenvalue weighted by molar-refractivity contribution is 5.77. The molecule has 1 amide bonds. The first-order chi connectivity index (χ1) is 12.2. The van der Waals surface area contributed by atoms with Gasteiger partial charge in [-0.15, -0.1) is 5.92 Å². The van der Waals surface area contributed by atoms with Crippen molar-refractivity contribution in [2.45, 2.75) is 45.4 Å². The second-order valence-electron chi connectivity index (χ2n) is 7.41. The Morgan fingerprint density at radius 1 is 1.24 bits per heavy atom. The van der Waals surface area contributed by atoms with E-state index in [1.165, 1.54) is 12.8 Å². The maximum absolute atomic E-state index is 12.4. The molecule has 0 saturated carbocycles. The van der Waals surface area contributed by atoms with E-state index in [2.05, 4.69) is 33.5 Å². The fraction of sp³-hybridized carbons (Fsp3) is 0.619. The first kappa shape index (κ1) is 17.9. The summed E-state index contributed by atoms with van der Waals surface area (Å²) >= 11 is 0. The minimum absolute atomic E-state index is 0.268. The van der Waals surface area contributed by atoms with Gasteiger partial charge in [-0.25, -0.2) is 0 Å². The summed E-state index contributed by atoms with van der Waals surface area (Å²) in [5.74, 6) is 6.77. The van der Waals surface area contributed by atoms with Crippen molar-refractivity contribution in [3.05, 3.63) is 30.1 Å². The number of aromatic nitrogens is 1. The summed E-state index contributed by atoms with van der Waals surface area (Å²) in [7, 11) is 0. The van der Waals surface area contributed by atoms with E-state index >= 15 is 0 Å². The molecule has 0 N–H and O–H groups in total. The number of rotatable bonds is 4. The summed E-state index contributed by atoms with van der Waals surface area (Å²) < 4.78 is 0. The van der Waals surface area contributed by atoms with Crippen LogP contribution in [0.4, 0.5) is 0 Å². The Morgan fingerprint density at radius 3 is 2.96 bits per heavy atom. The van der Waals surface area contributed by atoms with Crippen LogP contribution in [-0.4, -0.2) is 53.4 Å². The smallest absolute Gasteiger partial charge is 0.222 e. The van der Waals surface area contributed by atoms with Crippen molar-refractivity contribution in [3.63, 3.8) is 0 Å². The molecule has 0 radical (unpaired) electrons. The van der Waals surface area contributed by atoms with Crippen molar-refractivity contribution in [1.82, 2.24) is 14.8 Å². The third kappa shape index (κ3) is 4.83. The Bertz CT molecular complexity index is 634. The predicted molar refractivity (Wildman–Crippen MR) is 99.9 cm³/mol. The molecule has 3 rings (SSSR count). The van der Waals surface area contributed by atoms with Crippen molar-refractivity contribution in [2.75, 3.05) is 32.7 Å². The monoisotopic (exact) mass is 339 g/mol. The zero-order valence-corrected chi connectivity index (χ0v) is 15.3. The minimum atomic E-state index is 0.268. The van der Waals surface area contributed by atoms with E-state index in [9.17, 15) is 4.79 Å². The third-order valence-electron chi connectivity index (χ3n) is 5.46. The van der Waals surface area contributed by atoms with Crippen LogP contribution in [0.3, 0.4) is 0 Å². The Hall–Kier alpha value is -1.86. The lowest BCUT2D eigenvalue weighted by atomic mass is 9.73. The van der Waals surface area contributed by atoms with E-state index in [1.807, 2.05) is 24.4 Å². The number of amides is 1. The average Bonchev–Trinajstić information content (AvgIpc) is 2.64. The molecule has 25 heavy (non-hydrogen) atoms. The Morgan fingerprint density at radius 2 is 2.16 bits per heavy atom. The molecule has 2 aliphatic heterocycles. The summed E-state index contributed by atoms with van der Waals surface area (Å²) in [5, 5.41) is 0. The van der Waals surface area contributed by atoms with Gasteiger partial charge in [-0.3, -0.25) is 14.7 Å². The molecule has 2 fully saturated rings. The molecular formula is C21H29N3O. The highest BCUT2D eigenvalue weighted by atomic mass is 16.2. The lowest BCUT2D eigenvalue weighted by molar-refractivity contribution is -0.139. The Kier molecular flexibility index (Phi) is 6.09. The molecule has 4 heteroatoms. The fourth-order valence-corrected chi connectivity index (χ4v) is 4.17. The Labute approximate surface area is 151 Å². The van der Waals surface area contributed by atoms with Crippen molar-refractivity contribution in [2.24, 2.45) is 5.41 Å². The molecule has 134 valence electrons. The number of hydrogen-bond acceptors (Lipinski definition) is 3. The topological polar surface area (TPSA) is 36.4 Å². The van der Waals surface area contributed by atoms with E-state index in [1.54, 1.807) is 0 Å². The van der Waals surface area contributed by atoms with Crippen molar-refractivity contribution >= 4 is 5.91 Å². The SMILES string of the molecule is CCC#CCN1CCC[C@]2(CCC(=O)N(CCc3ccccn3)C2)C1. The van der Waals surface area contributed by atoms with Crippen molar-refractivity contribution < 1.29 is 4.79 Å². The number of piperidine rings is 2. The molecule has 0 unspecified atom stereocenters. The van der Waals surface area contributed by atoms with E-state index in [4.69, 9.17) is 0 Å². The summed E-state index contributed by atoms with van der Waals surface area (Å²) in [6.07, 6.45) is 7.77. The van der Waals surface area contributed by atoms with Crippen LogP contribution >= 0.6 is 0 Å². The molecule has 1 aromatic rings. The number of likely N-dealkylation sites (tertiary alicyclic amines) is 2. The molecule has 1 spiro atoms. The van der Waals surface area contributed by atoms with Gasteiger partial charge in [-0.1, -0.05) is 18.9 Å². The average molecular weight is 339 g/mol. The first-order valence-corrected chi connectivity index (χ1v) is 9.56. The van der Waals surface area contributed by atoms with Gasteiger partial charge < -0.3 is 4.90 Å². The number of pyridine rings is 1. The molecule has 1 aromatic heterocycles. The van der Waals surface area contributed by atoms with E-state index in [0.29, 0.717) is 12.3 Å². The predicted octanol–water partition coefficient (Wildman–Crippen LogP) is 2.74. The van der Waals surface area contributed by atoms with Gasteiger partial charge in [0.05, 0.1) is 6.54 Å². The highest BCUT2D eigenvalue weighted by Gasteiger charge is 2.41. The van der Waals surface area contributed by atoms with Crippen LogP contribution in [0.1, 0.15) is 44.7 Å². The summed E-state index contributed by atoms with van der Waals surface area (Å²) in [4.78, 5) is 21.4. The summed E-state index contributed by atoms with van der Waals surface area (Å²) in [5.41, 5.74) is 1.33. The molecule has 2 aliphatic rings. The van der Waals surface area contributed by atoms with Gasteiger partial charge in [0.15, 0.2) is 0 Å². The highest BCUT2D eigenvalue weighted by Crippen LogP contribution is 2.38.